The summed E-state index contributed by atoms with van der Waals surface area (Å²) < 4.78 is 14.7. The zero-order valence-electron chi connectivity index (χ0n) is 18.1. The van der Waals surface area contributed by atoms with E-state index >= 15 is 0 Å². The molecule has 0 aliphatic heterocycles. The fraction of sp³-hybridized carbons (Fsp3) is 0.857. The smallest absolute Gasteiger partial charge is 0.389 e. The van der Waals surface area contributed by atoms with Gasteiger partial charge in [0.25, 0.3) is 0 Å². The van der Waals surface area contributed by atoms with Crippen LogP contribution in [0.25, 0.3) is 0 Å². The molecule has 0 heterocycles. The van der Waals surface area contributed by atoms with Gasteiger partial charge in [-0.2, -0.15) is 0 Å². The van der Waals surface area contributed by atoms with Gasteiger partial charge in [0.05, 0.1) is 12.7 Å². The number of phosphoric acid groups is 1. The lowest BCUT2D eigenvalue weighted by Crippen LogP contribution is -2.34. The van der Waals surface area contributed by atoms with Crippen LogP contribution in [0.5, 0.6) is 0 Å². The Morgan fingerprint density at radius 3 is 2.00 bits per heavy atom. The molecular formula is C21H42NO6P. The second-order valence-corrected chi connectivity index (χ2v) is 8.82. The zero-order chi connectivity index (χ0) is 21.8. The van der Waals surface area contributed by atoms with E-state index in [0.717, 1.165) is 32.1 Å². The Hall–Kier alpha value is -0.720. The van der Waals surface area contributed by atoms with Gasteiger partial charge in [-0.3, -0.25) is 9.32 Å². The van der Waals surface area contributed by atoms with Crippen molar-refractivity contribution in [1.82, 2.24) is 5.32 Å². The van der Waals surface area contributed by atoms with Crippen LogP contribution in [-0.4, -0.2) is 40.1 Å². The molecule has 0 saturated heterocycles. The molecule has 0 saturated carbocycles. The normalized spacial score (nSPS) is 13.1. The van der Waals surface area contributed by atoms with E-state index in [1.165, 1.54) is 51.4 Å². The average Bonchev–Trinajstić information content (AvgIpc) is 2.67. The molecule has 0 aromatic heterocycles. The molecule has 8 heteroatoms. The third-order valence-corrected chi connectivity index (χ3v) is 5.12. The Morgan fingerprint density at radius 1 is 0.931 bits per heavy atom. The van der Waals surface area contributed by atoms with Gasteiger partial charge in [-0.15, -0.1) is 0 Å². The summed E-state index contributed by atoms with van der Waals surface area (Å²) >= 11 is 0. The van der Waals surface area contributed by atoms with E-state index in [9.17, 15) is 14.5 Å². The quantitative estimate of drug-likeness (QED) is 0.126. The van der Waals surface area contributed by atoms with Crippen LogP contribution >= 0.6 is 7.82 Å². The summed E-state index contributed by atoms with van der Waals surface area (Å²) in [5.74, 6) is -0.175. The third kappa shape index (κ3) is 23.4. The molecule has 0 aliphatic rings. The van der Waals surface area contributed by atoms with E-state index in [1.54, 1.807) is 0 Å². The predicted molar refractivity (Wildman–Crippen MR) is 116 cm³/mol. The first kappa shape index (κ1) is 28.3. The molecule has 29 heavy (non-hydrogen) atoms. The van der Waals surface area contributed by atoms with Crippen molar-refractivity contribution in [2.75, 3.05) is 13.2 Å². The maximum atomic E-state index is 11.7. The number of aliphatic hydroxyl groups excluding tert-OH is 1. The molecular weight excluding hydrogens is 393 g/mol. The number of allylic oxidation sites excluding steroid dienone is 2. The molecule has 172 valence electrons. The molecule has 0 fully saturated rings. The Bertz CT molecular complexity index is 466. The predicted octanol–water partition coefficient (Wildman–Crippen LogP) is 4.61. The first-order valence-electron chi connectivity index (χ1n) is 11.1. The number of phosphoric ester groups is 1. The fourth-order valence-corrected chi connectivity index (χ4v) is 3.28. The van der Waals surface area contributed by atoms with E-state index < -0.39 is 20.5 Å². The molecule has 0 aromatic rings. The minimum Gasteiger partial charge on any atom is -0.389 e. The number of rotatable bonds is 20. The van der Waals surface area contributed by atoms with Crippen molar-refractivity contribution >= 4 is 13.7 Å². The summed E-state index contributed by atoms with van der Waals surface area (Å²) in [5.41, 5.74) is 0. The highest BCUT2D eigenvalue weighted by Gasteiger charge is 2.17. The second kappa shape index (κ2) is 19.3. The van der Waals surface area contributed by atoms with Crippen LogP contribution in [0.3, 0.4) is 0 Å². The molecule has 0 rings (SSSR count). The number of carbonyl (C=O) groups excluding carboxylic acids is 1. The zero-order valence-corrected chi connectivity index (χ0v) is 19.0. The number of nitrogens with one attached hydrogen (secondary N) is 1. The maximum Gasteiger partial charge on any atom is 0.469 e. The van der Waals surface area contributed by atoms with Crippen molar-refractivity contribution in [2.45, 2.75) is 103 Å². The van der Waals surface area contributed by atoms with E-state index in [4.69, 9.17) is 9.79 Å². The molecule has 4 N–H and O–H groups in total. The first-order valence-corrected chi connectivity index (χ1v) is 12.7. The highest BCUT2D eigenvalue weighted by molar-refractivity contribution is 7.46. The lowest BCUT2D eigenvalue weighted by Gasteiger charge is -2.12. The van der Waals surface area contributed by atoms with Gasteiger partial charge in [-0.25, -0.2) is 4.57 Å². The summed E-state index contributed by atoms with van der Waals surface area (Å²) in [5, 5.41) is 12.0. The molecule has 0 aromatic carbocycles. The van der Waals surface area contributed by atoms with Gasteiger partial charge in [0.2, 0.25) is 5.91 Å². The monoisotopic (exact) mass is 435 g/mol. The van der Waals surface area contributed by atoms with Crippen molar-refractivity contribution < 1.29 is 28.8 Å². The Balaban J connectivity index is 3.39. The van der Waals surface area contributed by atoms with Crippen molar-refractivity contribution in [2.24, 2.45) is 0 Å². The molecule has 0 radical (unpaired) electrons. The number of hydrogen-bond acceptors (Lipinski definition) is 4. The van der Waals surface area contributed by atoms with Gasteiger partial charge in [-0.05, 0) is 32.1 Å². The summed E-state index contributed by atoms with van der Waals surface area (Å²) in [6, 6.07) is 0. The van der Waals surface area contributed by atoms with E-state index in [1.807, 2.05) is 0 Å². The lowest BCUT2D eigenvalue weighted by atomic mass is 10.1. The van der Waals surface area contributed by atoms with Crippen molar-refractivity contribution in [3.05, 3.63) is 12.2 Å². The highest BCUT2D eigenvalue weighted by Crippen LogP contribution is 2.35. The van der Waals surface area contributed by atoms with Crippen LogP contribution < -0.4 is 5.32 Å². The van der Waals surface area contributed by atoms with Gasteiger partial charge in [-0.1, -0.05) is 70.4 Å². The van der Waals surface area contributed by atoms with Crippen LogP contribution in [0.1, 0.15) is 96.8 Å². The van der Waals surface area contributed by atoms with E-state index in [0.29, 0.717) is 6.42 Å². The average molecular weight is 436 g/mol. The molecule has 0 spiro atoms. The van der Waals surface area contributed by atoms with Crippen LogP contribution in [0.15, 0.2) is 12.2 Å². The molecule has 7 nitrogen and oxygen atoms in total. The summed E-state index contributed by atoms with van der Waals surface area (Å²) in [7, 11) is -4.59. The minimum absolute atomic E-state index is 0.0830. The van der Waals surface area contributed by atoms with Gasteiger partial charge in [0, 0.05) is 13.0 Å². The first-order chi connectivity index (χ1) is 13.8. The van der Waals surface area contributed by atoms with Crippen molar-refractivity contribution in [3.8, 4) is 0 Å². The molecule has 1 unspecified atom stereocenters. The fourth-order valence-electron chi connectivity index (χ4n) is 2.92. The Labute approximate surface area is 176 Å². The minimum atomic E-state index is -4.59. The number of hydrogen-bond donors (Lipinski definition) is 4. The van der Waals surface area contributed by atoms with Gasteiger partial charge in [0.1, 0.15) is 0 Å². The Kier molecular flexibility index (Phi) is 18.8. The summed E-state index contributed by atoms with van der Waals surface area (Å²) in [6.07, 6.45) is 19.5. The van der Waals surface area contributed by atoms with Crippen LogP contribution in [0.4, 0.5) is 0 Å². The van der Waals surface area contributed by atoms with Crippen molar-refractivity contribution in [1.29, 1.82) is 0 Å². The van der Waals surface area contributed by atoms with Gasteiger partial charge in [0.15, 0.2) is 0 Å². The van der Waals surface area contributed by atoms with Crippen LogP contribution in [-0.2, 0) is 13.9 Å². The largest absolute Gasteiger partial charge is 0.469 e. The topological polar surface area (TPSA) is 116 Å². The van der Waals surface area contributed by atoms with Crippen LogP contribution in [0.2, 0.25) is 0 Å². The van der Waals surface area contributed by atoms with E-state index in [2.05, 4.69) is 28.9 Å². The summed E-state index contributed by atoms with van der Waals surface area (Å²) in [6.45, 7) is 1.65. The number of unbranched alkanes of at least 4 members (excludes halogenated alkanes) is 11. The summed E-state index contributed by atoms with van der Waals surface area (Å²) in [4.78, 5) is 28.7. The van der Waals surface area contributed by atoms with Gasteiger partial charge < -0.3 is 20.2 Å². The highest BCUT2D eigenvalue weighted by atomic mass is 31.2. The van der Waals surface area contributed by atoms with E-state index in [-0.39, 0.29) is 12.5 Å². The standard InChI is InChI=1S/C21H42NO6P/c1-2-3-4-5-6-7-8-9-10-11-12-13-14-15-16-17-21(24)22-18-20(23)19-28-29(25,26)27/h11-12,20,23H,2-10,13-19H2,1H3,(H,22,24)(H2,25,26,27). The molecule has 0 bridgehead atoms. The van der Waals surface area contributed by atoms with Crippen LogP contribution in [0, 0.1) is 0 Å². The number of aliphatic hydroxyl groups is 1. The third-order valence-electron chi connectivity index (χ3n) is 4.64. The number of amides is 1. The Morgan fingerprint density at radius 2 is 1.45 bits per heavy atom. The van der Waals surface area contributed by atoms with Gasteiger partial charge >= 0.3 is 7.82 Å². The lowest BCUT2D eigenvalue weighted by molar-refractivity contribution is -0.121. The SMILES string of the molecule is CCCCCCCCCCC=CCCCCCC(=O)NCC(O)COP(=O)(O)O. The number of carbonyl (C=O) groups is 1. The molecule has 1 atom stereocenters. The maximum absolute atomic E-state index is 11.7. The molecule has 1 amide bonds. The van der Waals surface area contributed by atoms with Crippen molar-refractivity contribution in [3.63, 3.8) is 0 Å². The molecule has 0 aliphatic carbocycles. The second-order valence-electron chi connectivity index (χ2n) is 7.58.